The number of hydrogen-bond acceptors (Lipinski definition) is 1. The molecule has 1 heteroatoms. The molecule has 1 aliphatic rings. The van der Waals surface area contributed by atoms with Crippen molar-refractivity contribution in [2.24, 2.45) is 11.3 Å². The van der Waals surface area contributed by atoms with Crippen molar-refractivity contribution in [1.82, 2.24) is 0 Å². The monoisotopic (exact) mass is 214 g/mol. The number of aryl methyl sites for hydroxylation is 1. The summed E-state index contributed by atoms with van der Waals surface area (Å²) in [4.78, 5) is 11.8. The van der Waals surface area contributed by atoms with Gasteiger partial charge in [0.25, 0.3) is 0 Å². The van der Waals surface area contributed by atoms with E-state index in [9.17, 15) is 4.79 Å². The van der Waals surface area contributed by atoms with E-state index in [0.29, 0.717) is 0 Å². The lowest BCUT2D eigenvalue weighted by Crippen LogP contribution is -2.22. The quantitative estimate of drug-likeness (QED) is 0.697. The summed E-state index contributed by atoms with van der Waals surface area (Å²) in [6.07, 6.45) is 1.81. The van der Waals surface area contributed by atoms with Gasteiger partial charge in [-0.05, 0) is 24.1 Å². The fraction of sp³-hybridized carbons (Fsp3) is 0.400. The highest BCUT2D eigenvalue weighted by atomic mass is 16.1. The Morgan fingerprint density at radius 1 is 1.12 bits per heavy atom. The number of rotatable bonds is 1. The molecular formula is C15H18O. The maximum absolute atomic E-state index is 11.8. The van der Waals surface area contributed by atoms with Crippen LogP contribution in [0.1, 0.15) is 31.9 Å². The summed E-state index contributed by atoms with van der Waals surface area (Å²) in [7, 11) is 0. The normalized spacial score (nSPS) is 23.4. The molecule has 0 heterocycles. The Kier molecular flexibility index (Phi) is 2.49. The molecule has 2 rings (SSSR count). The van der Waals surface area contributed by atoms with Gasteiger partial charge in [-0.15, -0.1) is 0 Å². The number of benzene rings is 1. The molecule has 1 aliphatic carbocycles. The Bertz CT molecular complexity index is 449. The second-order valence-electron chi connectivity index (χ2n) is 5.27. The van der Waals surface area contributed by atoms with E-state index in [1.54, 1.807) is 0 Å². The maximum atomic E-state index is 11.8. The van der Waals surface area contributed by atoms with Crippen molar-refractivity contribution in [1.29, 1.82) is 0 Å². The van der Waals surface area contributed by atoms with Gasteiger partial charge in [0.15, 0.2) is 5.78 Å². The van der Waals surface area contributed by atoms with Gasteiger partial charge in [0.1, 0.15) is 0 Å². The lowest BCUT2D eigenvalue weighted by molar-refractivity contribution is -0.118. The topological polar surface area (TPSA) is 17.1 Å². The van der Waals surface area contributed by atoms with Crippen molar-refractivity contribution < 1.29 is 4.79 Å². The van der Waals surface area contributed by atoms with Crippen molar-refractivity contribution in [3.8, 4) is 0 Å². The fourth-order valence-electron chi connectivity index (χ4n) is 2.23. The molecule has 0 saturated carbocycles. The average Bonchev–Trinajstić information content (AvgIpc) is 2.44. The minimum absolute atomic E-state index is 0.0493. The first-order valence-corrected chi connectivity index (χ1v) is 5.76. The number of hydrogen-bond donors (Lipinski definition) is 0. The van der Waals surface area contributed by atoms with Gasteiger partial charge in [-0.25, -0.2) is 0 Å². The molecule has 0 radical (unpaired) electrons. The Morgan fingerprint density at radius 3 is 2.12 bits per heavy atom. The van der Waals surface area contributed by atoms with E-state index in [4.69, 9.17) is 0 Å². The van der Waals surface area contributed by atoms with Crippen LogP contribution in [0.5, 0.6) is 0 Å². The van der Waals surface area contributed by atoms with Gasteiger partial charge in [0.05, 0.1) is 0 Å². The van der Waals surface area contributed by atoms with Crippen LogP contribution >= 0.6 is 0 Å². The molecule has 0 aromatic heterocycles. The van der Waals surface area contributed by atoms with Crippen LogP contribution in [-0.4, -0.2) is 5.78 Å². The number of ketones is 1. The molecule has 16 heavy (non-hydrogen) atoms. The van der Waals surface area contributed by atoms with E-state index in [0.717, 1.165) is 0 Å². The summed E-state index contributed by atoms with van der Waals surface area (Å²) >= 11 is 0. The first-order chi connectivity index (χ1) is 7.43. The molecule has 0 saturated heterocycles. The van der Waals surface area contributed by atoms with Gasteiger partial charge in [0.2, 0.25) is 0 Å². The summed E-state index contributed by atoms with van der Waals surface area (Å²) in [5.41, 5.74) is 3.55. The molecule has 0 fully saturated rings. The summed E-state index contributed by atoms with van der Waals surface area (Å²) in [6.45, 7) is 8.38. The third-order valence-corrected chi connectivity index (χ3v) is 3.85. The molecule has 1 aromatic carbocycles. The molecule has 0 amide bonds. The minimum atomic E-state index is -0.0493. The molecule has 0 bridgehead atoms. The van der Waals surface area contributed by atoms with Crippen molar-refractivity contribution in [3.05, 3.63) is 41.5 Å². The predicted molar refractivity (Wildman–Crippen MR) is 67.1 cm³/mol. The van der Waals surface area contributed by atoms with Crippen LogP contribution in [0.3, 0.4) is 0 Å². The lowest BCUT2D eigenvalue weighted by atomic mass is 9.76. The van der Waals surface area contributed by atoms with E-state index in [1.165, 1.54) is 16.7 Å². The summed E-state index contributed by atoms with van der Waals surface area (Å²) in [6, 6.07) is 8.40. The molecule has 0 aliphatic heterocycles. The first-order valence-electron chi connectivity index (χ1n) is 5.76. The first kappa shape index (κ1) is 11.1. The molecule has 84 valence electrons. The number of carbonyl (C=O) groups excluding carboxylic acids is 1. The van der Waals surface area contributed by atoms with Crippen LogP contribution < -0.4 is 0 Å². The summed E-state index contributed by atoms with van der Waals surface area (Å²) < 4.78 is 0. The number of allylic oxidation sites excluding steroid dienone is 2. The second kappa shape index (κ2) is 3.58. The van der Waals surface area contributed by atoms with Gasteiger partial charge in [-0.2, -0.15) is 0 Å². The predicted octanol–water partition coefficient (Wildman–Crippen LogP) is 3.62. The Morgan fingerprint density at radius 2 is 1.69 bits per heavy atom. The Labute approximate surface area is 97.2 Å². The molecule has 0 unspecified atom stereocenters. The molecule has 0 spiro atoms. The summed E-state index contributed by atoms with van der Waals surface area (Å²) in [5.74, 6) is 0.337. The maximum Gasteiger partial charge on any atom is 0.159 e. The molecular weight excluding hydrogens is 196 g/mol. The second-order valence-corrected chi connectivity index (χ2v) is 5.27. The summed E-state index contributed by atoms with van der Waals surface area (Å²) in [5, 5.41) is 0. The fourth-order valence-corrected chi connectivity index (χ4v) is 2.23. The van der Waals surface area contributed by atoms with Gasteiger partial charge < -0.3 is 0 Å². The smallest absolute Gasteiger partial charge is 0.159 e. The van der Waals surface area contributed by atoms with Crippen LogP contribution in [0.15, 0.2) is 30.3 Å². The van der Waals surface area contributed by atoms with Crippen molar-refractivity contribution in [2.45, 2.75) is 27.7 Å². The zero-order chi connectivity index (χ0) is 11.9. The van der Waals surface area contributed by atoms with Crippen LogP contribution in [0, 0.1) is 18.3 Å². The zero-order valence-electron chi connectivity index (χ0n) is 10.4. The molecule has 1 atom stereocenters. The lowest BCUT2D eigenvalue weighted by Gasteiger charge is -2.27. The van der Waals surface area contributed by atoms with Gasteiger partial charge >= 0.3 is 0 Å². The van der Waals surface area contributed by atoms with Crippen LogP contribution in [0.4, 0.5) is 0 Å². The van der Waals surface area contributed by atoms with Crippen molar-refractivity contribution in [3.63, 3.8) is 0 Å². The highest BCUT2D eigenvalue weighted by Crippen LogP contribution is 2.46. The standard InChI is InChI=1S/C15H18O/c1-10-5-7-12(8-6-10)13-9-14(16)11(2)15(13,3)4/h5-9,11H,1-4H3/t11-/m0/s1. The Hall–Kier alpha value is -1.37. The average molecular weight is 214 g/mol. The van der Waals surface area contributed by atoms with E-state index in [2.05, 4.69) is 45.0 Å². The van der Waals surface area contributed by atoms with E-state index in [-0.39, 0.29) is 17.1 Å². The zero-order valence-corrected chi connectivity index (χ0v) is 10.4. The van der Waals surface area contributed by atoms with Crippen molar-refractivity contribution in [2.75, 3.05) is 0 Å². The molecule has 1 nitrogen and oxygen atoms in total. The van der Waals surface area contributed by atoms with Crippen LogP contribution in [0.2, 0.25) is 0 Å². The van der Waals surface area contributed by atoms with E-state index in [1.807, 2.05) is 13.0 Å². The third-order valence-electron chi connectivity index (χ3n) is 3.85. The van der Waals surface area contributed by atoms with Gasteiger partial charge in [0, 0.05) is 11.3 Å². The molecule has 1 aromatic rings. The third kappa shape index (κ3) is 1.60. The van der Waals surface area contributed by atoms with Crippen molar-refractivity contribution >= 4 is 11.4 Å². The SMILES string of the molecule is Cc1ccc(C2=CC(=O)[C@H](C)C2(C)C)cc1. The minimum Gasteiger partial charge on any atom is -0.295 e. The number of carbonyl (C=O) groups is 1. The van der Waals surface area contributed by atoms with Crippen LogP contribution in [-0.2, 0) is 4.79 Å². The largest absolute Gasteiger partial charge is 0.295 e. The van der Waals surface area contributed by atoms with Crippen LogP contribution in [0.25, 0.3) is 5.57 Å². The van der Waals surface area contributed by atoms with Gasteiger partial charge in [-0.1, -0.05) is 50.6 Å². The Balaban J connectivity index is 2.46. The molecule has 0 N–H and O–H groups in total. The highest BCUT2D eigenvalue weighted by molar-refractivity contribution is 6.05. The van der Waals surface area contributed by atoms with E-state index >= 15 is 0 Å². The van der Waals surface area contributed by atoms with Gasteiger partial charge in [-0.3, -0.25) is 4.79 Å². The highest BCUT2D eigenvalue weighted by Gasteiger charge is 2.40. The van der Waals surface area contributed by atoms with E-state index < -0.39 is 0 Å².